The standard InChI is InChI=1S/C12H13FN2S/c1-7-5-9(3-4-10(7)13)12(14)11-6-16-8(2)15-11/h3-6,12H,14H2,1-2H3. The fourth-order valence-corrected chi connectivity index (χ4v) is 2.20. The Kier molecular flexibility index (Phi) is 3.03. The Labute approximate surface area is 97.9 Å². The van der Waals surface area contributed by atoms with Crippen LogP contribution in [-0.2, 0) is 0 Å². The number of rotatable bonds is 2. The van der Waals surface area contributed by atoms with Crippen molar-refractivity contribution in [3.63, 3.8) is 0 Å². The Bertz CT molecular complexity index is 507. The van der Waals surface area contributed by atoms with Gasteiger partial charge in [0.05, 0.1) is 16.7 Å². The van der Waals surface area contributed by atoms with Crippen LogP contribution in [0.25, 0.3) is 0 Å². The molecule has 0 bridgehead atoms. The molecule has 1 atom stereocenters. The van der Waals surface area contributed by atoms with E-state index in [1.165, 1.54) is 6.07 Å². The quantitative estimate of drug-likeness (QED) is 0.870. The van der Waals surface area contributed by atoms with Gasteiger partial charge in [-0.2, -0.15) is 0 Å². The van der Waals surface area contributed by atoms with Gasteiger partial charge in [-0.1, -0.05) is 12.1 Å². The summed E-state index contributed by atoms with van der Waals surface area (Å²) in [5.74, 6) is -0.203. The highest BCUT2D eigenvalue weighted by Crippen LogP contribution is 2.22. The van der Waals surface area contributed by atoms with Crippen LogP contribution in [0, 0.1) is 19.7 Å². The van der Waals surface area contributed by atoms with E-state index in [9.17, 15) is 4.39 Å². The van der Waals surface area contributed by atoms with Gasteiger partial charge in [0.25, 0.3) is 0 Å². The molecule has 2 rings (SSSR count). The molecule has 0 aliphatic heterocycles. The van der Waals surface area contributed by atoms with Gasteiger partial charge in [-0.15, -0.1) is 11.3 Å². The number of nitrogens with zero attached hydrogens (tertiary/aromatic N) is 1. The van der Waals surface area contributed by atoms with E-state index in [-0.39, 0.29) is 11.9 Å². The zero-order valence-corrected chi connectivity index (χ0v) is 10.0. The summed E-state index contributed by atoms with van der Waals surface area (Å²) < 4.78 is 13.1. The molecule has 0 amide bonds. The summed E-state index contributed by atoms with van der Waals surface area (Å²) in [5.41, 5.74) is 8.42. The molecule has 0 saturated heterocycles. The van der Waals surface area contributed by atoms with Crippen LogP contribution in [0.5, 0.6) is 0 Å². The average molecular weight is 236 g/mol. The zero-order chi connectivity index (χ0) is 11.7. The summed E-state index contributed by atoms with van der Waals surface area (Å²) >= 11 is 1.57. The first-order chi connectivity index (χ1) is 7.58. The Balaban J connectivity index is 2.33. The second-order valence-corrected chi connectivity index (χ2v) is 4.84. The predicted molar refractivity (Wildman–Crippen MR) is 64.0 cm³/mol. The van der Waals surface area contributed by atoms with Crippen molar-refractivity contribution in [1.29, 1.82) is 0 Å². The molecule has 0 radical (unpaired) electrons. The van der Waals surface area contributed by atoms with Crippen LogP contribution in [0.15, 0.2) is 23.6 Å². The summed E-state index contributed by atoms with van der Waals surface area (Å²) in [6.45, 7) is 3.68. The molecule has 0 spiro atoms. The Morgan fingerprint density at radius 2 is 2.12 bits per heavy atom. The minimum Gasteiger partial charge on any atom is -0.319 e. The number of halogens is 1. The average Bonchev–Trinajstić information content (AvgIpc) is 2.68. The first-order valence-electron chi connectivity index (χ1n) is 5.01. The summed E-state index contributed by atoms with van der Waals surface area (Å²) in [7, 11) is 0. The maximum Gasteiger partial charge on any atom is 0.126 e. The van der Waals surface area contributed by atoms with E-state index in [4.69, 9.17) is 5.73 Å². The largest absolute Gasteiger partial charge is 0.319 e. The highest BCUT2D eigenvalue weighted by Gasteiger charge is 2.12. The van der Waals surface area contributed by atoms with Gasteiger partial charge in [0.1, 0.15) is 5.82 Å². The first kappa shape index (κ1) is 11.2. The predicted octanol–water partition coefficient (Wildman–Crippen LogP) is 2.95. The van der Waals surface area contributed by atoms with Crippen molar-refractivity contribution in [3.8, 4) is 0 Å². The number of aryl methyl sites for hydroxylation is 2. The van der Waals surface area contributed by atoms with Crippen LogP contribution in [-0.4, -0.2) is 4.98 Å². The molecule has 4 heteroatoms. The molecule has 0 aliphatic carbocycles. The SMILES string of the molecule is Cc1nc(C(N)c2ccc(F)c(C)c2)cs1. The molecule has 1 heterocycles. The molecule has 0 saturated carbocycles. The van der Waals surface area contributed by atoms with Gasteiger partial charge in [-0.25, -0.2) is 9.37 Å². The lowest BCUT2D eigenvalue weighted by Crippen LogP contribution is -2.12. The van der Waals surface area contributed by atoms with E-state index in [0.29, 0.717) is 5.56 Å². The molecular weight excluding hydrogens is 223 g/mol. The molecule has 2 aromatic rings. The fourth-order valence-electron chi connectivity index (χ4n) is 1.56. The van der Waals surface area contributed by atoms with Crippen molar-refractivity contribution in [2.75, 3.05) is 0 Å². The summed E-state index contributed by atoms with van der Waals surface area (Å²) in [4.78, 5) is 4.34. The number of benzene rings is 1. The van der Waals surface area contributed by atoms with Crippen molar-refractivity contribution in [3.05, 3.63) is 51.2 Å². The Morgan fingerprint density at radius 3 is 2.69 bits per heavy atom. The lowest BCUT2D eigenvalue weighted by molar-refractivity contribution is 0.616. The van der Waals surface area contributed by atoms with E-state index >= 15 is 0 Å². The minimum atomic E-state index is -0.274. The molecule has 0 aliphatic rings. The topological polar surface area (TPSA) is 38.9 Å². The van der Waals surface area contributed by atoms with Crippen LogP contribution in [0.2, 0.25) is 0 Å². The number of hydrogen-bond donors (Lipinski definition) is 1. The van der Waals surface area contributed by atoms with Crippen molar-refractivity contribution < 1.29 is 4.39 Å². The van der Waals surface area contributed by atoms with Gasteiger partial charge in [0, 0.05) is 5.38 Å². The minimum absolute atomic E-state index is 0.203. The van der Waals surface area contributed by atoms with Gasteiger partial charge in [-0.05, 0) is 31.0 Å². The summed E-state index contributed by atoms with van der Waals surface area (Å²) in [6.07, 6.45) is 0. The second kappa shape index (κ2) is 4.31. The van der Waals surface area contributed by atoms with E-state index in [2.05, 4.69) is 4.98 Å². The summed E-state index contributed by atoms with van der Waals surface area (Å²) in [6, 6.07) is 4.66. The number of hydrogen-bond acceptors (Lipinski definition) is 3. The highest BCUT2D eigenvalue weighted by molar-refractivity contribution is 7.09. The number of nitrogens with two attached hydrogens (primary N) is 1. The molecule has 2 nitrogen and oxygen atoms in total. The van der Waals surface area contributed by atoms with E-state index < -0.39 is 0 Å². The number of aromatic nitrogens is 1. The molecular formula is C12H13FN2S. The van der Waals surface area contributed by atoms with Crippen LogP contribution in [0.4, 0.5) is 4.39 Å². The van der Waals surface area contributed by atoms with E-state index in [1.54, 1.807) is 30.4 Å². The zero-order valence-electron chi connectivity index (χ0n) is 9.20. The fraction of sp³-hybridized carbons (Fsp3) is 0.250. The second-order valence-electron chi connectivity index (χ2n) is 3.78. The lowest BCUT2D eigenvalue weighted by atomic mass is 10.0. The molecule has 1 aromatic carbocycles. The van der Waals surface area contributed by atoms with Crippen LogP contribution >= 0.6 is 11.3 Å². The van der Waals surface area contributed by atoms with Crippen molar-refractivity contribution in [1.82, 2.24) is 4.98 Å². The smallest absolute Gasteiger partial charge is 0.126 e. The van der Waals surface area contributed by atoms with Crippen molar-refractivity contribution in [2.24, 2.45) is 5.73 Å². The maximum atomic E-state index is 13.1. The van der Waals surface area contributed by atoms with E-state index in [0.717, 1.165) is 16.3 Å². The third kappa shape index (κ3) is 2.13. The first-order valence-corrected chi connectivity index (χ1v) is 5.89. The highest BCUT2D eigenvalue weighted by atomic mass is 32.1. The van der Waals surface area contributed by atoms with Crippen molar-refractivity contribution in [2.45, 2.75) is 19.9 Å². The van der Waals surface area contributed by atoms with Crippen molar-refractivity contribution >= 4 is 11.3 Å². The summed E-state index contributed by atoms with van der Waals surface area (Å²) in [5, 5.41) is 2.93. The lowest BCUT2D eigenvalue weighted by Gasteiger charge is -2.10. The van der Waals surface area contributed by atoms with Gasteiger partial charge >= 0.3 is 0 Å². The van der Waals surface area contributed by atoms with Crippen LogP contribution in [0.3, 0.4) is 0 Å². The van der Waals surface area contributed by atoms with Crippen LogP contribution < -0.4 is 5.73 Å². The van der Waals surface area contributed by atoms with Gasteiger partial charge in [0.15, 0.2) is 0 Å². The van der Waals surface area contributed by atoms with Gasteiger partial charge < -0.3 is 5.73 Å². The third-order valence-corrected chi connectivity index (χ3v) is 3.29. The molecule has 84 valence electrons. The molecule has 16 heavy (non-hydrogen) atoms. The number of thiazole rings is 1. The molecule has 2 N–H and O–H groups in total. The molecule has 1 aromatic heterocycles. The molecule has 0 fully saturated rings. The van der Waals surface area contributed by atoms with E-state index in [1.807, 2.05) is 12.3 Å². The maximum absolute atomic E-state index is 13.1. The normalized spacial score (nSPS) is 12.8. The Hall–Kier alpha value is -1.26. The monoisotopic (exact) mass is 236 g/mol. The van der Waals surface area contributed by atoms with Gasteiger partial charge in [-0.3, -0.25) is 0 Å². The molecule has 1 unspecified atom stereocenters. The van der Waals surface area contributed by atoms with Gasteiger partial charge in [0.2, 0.25) is 0 Å². The Morgan fingerprint density at radius 1 is 1.38 bits per heavy atom. The van der Waals surface area contributed by atoms with Crippen LogP contribution in [0.1, 0.15) is 27.9 Å². The third-order valence-electron chi connectivity index (χ3n) is 2.50.